The molecule has 0 fully saturated rings. The van der Waals surface area contributed by atoms with Crippen LogP contribution in [0.4, 0.5) is 10.2 Å². The molecule has 0 aliphatic heterocycles. The molecule has 26 heavy (non-hydrogen) atoms. The van der Waals surface area contributed by atoms with E-state index in [1.165, 1.54) is 17.4 Å². The highest BCUT2D eigenvalue weighted by Crippen LogP contribution is 2.31. The van der Waals surface area contributed by atoms with Crippen LogP contribution in [0.25, 0.3) is 27.5 Å². The molecule has 5 nitrogen and oxygen atoms in total. The van der Waals surface area contributed by atoms with Crippen molar-refractivity contribution < 1.29 is 9.13 Å². The lowest BCUT2D eigenvalue weighted by atomic mass is 10.1. The van der Waals surface area contributed by atoms with Gasteiger partial charge in [-0.2, -0.15) is 9.78 Å². The van der Waals surface area contributed by atoms with Crippen LogP contribution in [-0.4, -0.2) is 21.9 Å². The molecule has 2 heterocycles. The molecule has 4 aromatic rings. The monoisotopic (exact) mass is 366 g/mol. The molecule has 0 saturated heterocycles. The summed E-state index contributed by atoms with van der Waals surface area (Å²) in [6, 6.07) is 14.1. The molecule has 0 atom stereocenters. The van der Waals surface area contributed by atoms with Gasteiger partial charge in [-0.3, -0.25) is 0 Å². The highest BCUT2D eigenvalue weighted by atomic mass is 32.1. The Bertz CT molecular complexity index is 1060. The van der Waals surface area contributed by atoms with Crippen LogP contribution in [0.3, 0.4) is 0 Å². The second kappa shape index (κ2) is 6.61. The topological polar surface area (TPSA) is 66.0 Å². The van der Waals surface area contributed by atoms with Gasteiger partial charge in [-0.15, -0.1) is 11.3 Å². The zero-order valence-electron chi connectivity index (χ0n) is 13.9. The summed E-state index contributed by atoms with van der Waals surface area (Å²) in [7, 11) is 1.62. The van der Waals surface area contributed by atoms with Gasteiger partial charge in [0.2, 0.25) is 5.13 Å². The SMILES string of the molecule is COc1ccc(-c2cnn(-c3nc(-c4ccccc4F)cs3)c2N)cc1. The molecule has 7 heteroatoms. The van der Waals surface area contributed by atoms with Crippen molar-refractivity contribution >= 4 is 17.2 Å². The van der Waals surface area contributed by atoms with Crippen molar-refractivity contribution in [2.75, 3.05) is 12.8 Å². The first-order chi connectivity index (χ1) is 12.7. The molecule has 0 aliphatic carbocycles. The number of hydrogen-bond donors (Lipinski definition) is 1. The predicted octanol–water partition coefficient (Wildman–Crippen LogP) is 4.39. The minimum atomic E-state index is -0.309. The first-order valence-corrected chi connectivity index (χ1v) is 8.74. The standard InChI is InChI=1S/C19H15FN4OS/c1-25-13-8-6-12(7-9-13)15-10-22-24(18(15)21)19-23-17(11-26-19)14-4-2-3-5-16(14)20/h2-11H,21H2,1H3. The molecular formula is C19H15FN4OS. The average molecular weight is 366 g/mol. The Morgan fingerprint density at radius 2 is 1.85 bits per heavy atom. The maximum absolute atomic E-state index is 14.0. The maximum atomic E-state index is 14.0. The largest absolute Gasteiger partial charge is 0.497 e. The smallest absolute Gasteiger partial charge is 0.212 e. The number of halogens is 1. The molecule has 0 bridgehead atoms. The van der Waals surface area contributed by atoms with Crippen molar-refractivity contribution in [3.8, 4) is 33.3 Å². The van der Waals surface area contributed by atoms with Gasteiger partial charge in [0.05, 0.1) is 19.0 Å². The fourth-order valence-electron chi connectivity index (χ4n) is 2.66. The van der Waals surface area contributed by atoms with E-state index in [0.29, 0.717) is 22.2 Å². The van der Waals surface area contributed by atoms with Gasteiger partial charge in [0, 0.05) is 16.5 Å². The van der Waals surface area contributed by atoms with Crippen LogP contribution in [0, 0.1) is 5.82 Å². The number of thiazole rings is 1. The van der Waals surface area contributed by atoms with Gasteiger partial charge in [-0.1, -0.05) is 24.3 Å². The van der Waals surface area contributed by atoms with Crippen LogP contribution in [0.15, 0.2) is 60.1 Å². The Balaban J connectivity index is 1.69. The molecule has 0 spiro atoms. The highest BCUT2D eigenvalue weighted by molar-refractivity contribution is 7.12. The molecule has 0 saturated carbocycles. The predicted molar refractivity (Wildman–Crippen MR) is 101 cm³/mol. The number of benzene rings is 2. The first-order valence-electron chi connectivity index (χ1n) is 7.86. The van der Waals surface area contributed by atoms with Crippen LogP contribution in [0.5, 0.6) is 5.75 Å². The summed E-state index contributed by atoms with van der Waals surface area (Å²) < 4.78 is 20.7. The maximum Gasteiger partial charge on any atom is 0.212 e. The summed E-state index contributed by atoms with van der Waals surface area (Å²) in [5, 5.41) is 6.73. The summed E-state index contributed by atoms with van der Waals surface area (Å²) in [6.45, 7) is 0. The number of anilines is 1. The molecule has 4 rings (SSSR count). The lowest BCUT2D eigenvalue weighted by molar-refractivity contribution is 0.415. The number of nitrogens with zero attached hydrogens (tertiary/aromatic N) is 3. The number of methoxy groups -OCH3 is 1. The normalized spacial score (nSPS) is 10.8. The number of ether oxygens (including phenoxy) is 1. The van der Waals surface area contributed by atoms with Gasteiger partial charge in [-0.25, -0.2) is 9.37 Å². The molecule has 130 valence electrons. The Kier molecular flexibility index (Phi) is 4.14. The molecule has 0 aliphatic rings. The third-order valence-corrected chi connectivity index (χ3v) is 4.85. The fourth-order valence-corrected chi connectivity index (χ4v) is 3.45. The van der Waals surface area contributed by atoms with E-state index in [1.54, 1.807) is 41.6 Å². The quantitative estimate of drug-likeness (QED) is 0.582. The number of hydrogen-bond acceptors (Lipinski definition) is 5. The Morgan fingerprint density at radius 3 is 2.58 bits per heavy atom. The van der Waals surface area contributed by atoms with Gasteiger partial charge in [0.25, 0.3) is 0 Å². The van der Waals surface area contributed by atoms with Gasteiger partial charge >= 0.3 is 0 Å². The molecule has 0 unspecified atom stereocenters. The summed E-state index contributed by atoms with van der Waals surface area (Å²) in [5.74, 6) is 0.940. The van der Waals surface area contributed by atoms with E-state index >= 15 is 0 Å². The molecule has 2 aromatic heterocycles. The van der Waals surface area contributed by atoms with Crippen LogP contribution in [0.2, 0.25) is 0 Å². The Morgan fingerprint density at radius 1 is 1.08 bits per heavy atom. The van der Waals surface area contributed by atoms with Crippen LogP contribution in [-0.2, 0) is 0 Å². The van der Waals surface area contributed by atoms with Crippen LogP contribution in [0.1, 0.15) is 0 Å². The van der Waals surface area contributed by atoms with Crippen LogP contribution < -0.4 is 10.5 Å². The highest BCUT2D eigenvalue weighted by Gasteiger charge is 2.15. The number of nitrogen functional groups attached to an aromatic ring is 1. The van der Waals surface area contributed by atoms with E-state index in [0.717, 1.165) is 16.9 Å². The summed E-state index contributed by atoms with van der Waals surface area (Å²) in [6.07, 6.45) is 1.70. The average Bonchev–Trinajstić information content (AvgIpc) is 3.29. The van der Waals surface area contributed by atoms with Crippen molar-refractivity contribution in [1.29, 1.82) is 0 Å². The van der Waals surface area contributed by atoms with Crippen molar-refractivity contribution in [1.82, 2.24) is 14.8 Å². The second-order valence-electron chi connectivity index (χ2n) is 5.58. The molecule has 0 radical (unpaired) electrons. The van der Waals surface area contributed by atoms with Gasteiger partial charge < -0.3 is 10.5 Å². The van der Waals surface area contributed by atoms with Crippen molar-refractivity contribution in [3.05, 3.63) is 65.9 Å². The lowest BCUT2D eigenvalue weighted by Gasteiger charge is -2.04. The van der Waals surface area contributed by atoms with Gasteiger partial charge in [0.15, 0.2) is 0 Å². The molecule has 2 aromatic carbocycles. The molecular weight excluding hydrogens is 351 g/mol. The molecule has 2 N–H and O–H groups in total. The third kappa shape index (κ3) is 2.82. The van der Waals surface area contributed by atoms with Gasteiger partial charge in [-0.05, 0) is 29.8 Å². The summed E-state index contributed by atoms with van der Waals surface area (Å²) in [5.41, 5.74) is 9.02. The number of nitrogens with two attached hydrogens (primary N) is 1. The fraction of sp³-hybridized carbons (Fsp3) is 0.0526. The third-order valence-electron chi connectivity index (χ3n) is 4.03. The van der Waals surface area contributed by atoms with E-state index in [9.17, 15) is 4.39 Å². The zero-order chi connectivity index (χ0) is 18.1. The van der Waals surface area contributed by atoms with Crippen molar-refractivity contribution in [3.63, 3.8) is 0 Å². The van der Waals surface area contributed by atoms with Crippen molar-refractivity contribution in [2.24, 2.45) is 0 Å². The number of aromatic nitrogens is 3. The van der Waals surface area contributed by atoms with E-state index < -0.39 is 0 Å². The minimum absolute atomic E-state index is 0.309. The second-order valence-corrected chi connectivity index (χ2v) is 6.42. The lowest BCUT2D eigenvalue weighted by Crippen LogP contribution is -2.02. The van der Waals surface area contributed by atoms with E-state index in [1.807, 2.05) is 24.3 Å². The minimum Gasteiger partial charge on any atom is -0.497 e. The van der Waals surface area contributed by atoms with E-state index in [-0.39, 0.29) is 5.82 Å². The first kappa shape index (κ1) is 16.3. The molecule has 0 amide bonds. The Hall–Kier alpha value is -3.19. The summed E-state index contributed by atoms with van der Waals surface area (Å²) in [4.78, 5) is 4.49. The summed E-state index contributed by atoms with van der Waals surface area (Å²) >= 11 is 1.36. The Labute approximate surface area is 153 Å². The van der Waals surface area contributed by atoms with Crippen LogP contribution >= 0.6 is 11.3 Å². The van der Waals surface area contributed by atoms with Crippen molar-refractivity contribution in [2.45, 2.75) is 0 Å². The number of rotatable bonds is 4. The zero-order valence-corrected chi connectivity index (χ0v) is 14.7. The van der Waals surface area contributed by atoms with E-state index in [4.69, 9.17) is 10.5 Å². The van der Waals surface area contributed by atoms with Gasteiger partial charge in [0.1, 0.15) is 17.4 Å². The van der Waals surface area contributed by atoms with E-state index in [2.05, 4.69) is 10.1 Å².